The Bertz CT molecular complexity index is 76.1. The molecular weight excluding hydrogens is 105 g/mol. The Morgan fingerprint density at radius 2 is 1.86 bits per heavy atom. The molecule has 0 spiro atoms. The highest BCUT2D eigenvalue weighted by Crippen LogP contribution is 2.45. The standard InChI is InChI=1S/C5H12NP/c1-6(2)5(7)3-4-5/h3-4,7H2,1-2H3. The molecule has 1 rings (SSSR count). The SMILES string of the molecule is CN(C)C1(P)CC1. The lowest BCUT2D eigenvalue weighted by Gasteiger charge is -2.16. The fourth-order valence-electron chi connectivity index (χ4n) is 0.575. The molecule has 1 aliphatic rings. The van der Waals surface area contributed by atoms with E-state index >= 15 is 0 Å². The van der Waals surface area contributed by atoms with Crippen LogP contribution in [0.15, 0.2) is 0 Å². The van der Waals surface area contributed by atoms with Gasteiger partial charge in [0.1, 0.15) is 0 Å². The smallest absolute Gasteiger partial charge is 0.0346 e. The topological polar surface area (TPSA) is 3.24 Å². The average Bonchev–Trinajstić information content (AvgIpc) is 2.21. The van der Waals surface area contributed by atoms with Crippen molar-refractivity contribution in [3.63, 3.8) is 0 Å². The summed E-state index contributed by atoms with van der Waals surface area (Å²) in [5.74, 6) is 0. The molecule has 0 radical (unpaired) electrons. The molecule has 1 unspecified atom stereocenters. The third-order valence-corrected chi connectivity index (χ3v) is 2.75. The molecule has 1 nitrogen and oxygen atoms in total. The molecule has 0 aromatic carbocycles. The van der Waals surface area contributed by atoms with Gasteiger partial charge >= 0.3 is 0 Å². The normalized spacial score (nSPS) is 25.7. The van der Waals surface area contributed by atoms with Crippen LogP contribution >= 0.6 is 9.24 Å². The maximum Gasteiger partial charge on any atom is 0.0346 e. The second-order valence-corrected chi connectivity index (χ2v) is 3.57. The first kappa shape index (κ1) is 5.53. The van der Waals surface area contributed by atoms with Crippen molar-refractivity contribution in [2.24, 2.45) is 0 Å². The van der Waals surface area contributed by atoms with Crippen molar-refractivity contribution in [2.75, 3.05) is 14.1 Å². The summed E-state index contributed by atoms with van der Waals surface area (Å²) < 4.78 is 0. The van der Waals surface area contributed by atoms with Crippen molar-refractivity contribution in [3.05, 3.63) is 0 Å². The van der Waals surface area contributed by atoms with Crippen LogP contribution in [0.2, 0.25) is 0 Å². The van der Waals surface area contributed by atoms with Gasteiger partial charge in [0.15, 0.2) is 0 Å². The first-order valence-electron chi connectivity index (χ1n) is 2.61. The summed E-state index contributed by atoms with van der Waals surface area (Å²) in [4.78, 5) is 2.26. The third-order valence-electron chi connectivity index (χ3n) is 1.65. The molecule has 0 heterocycles. The molecule has 0 bridgehead atoms. The minimum atomic E-state index is 0.500. The van der Waals surface area contributed by atoms with Crippen LogP contribution in [0, 0.1) is 0 Å². The van der Waals surface area contributed by atoms with Gasteiger partial charge in [-0.2, -0.15) is 0 Å². The summed E-state index contributed by atoms with van der Waals surface area (Å²) in [6.07, 6.45) is 2.70. The van der Waals surface area contributed by atoms with E-state index in [4.69, 9.17) is 0 Å². The van der Waals surface area contributed by atoms with Crippen LogP contribution in [0.3, 0.4) is 0 Å². The molecule has 1 aliphatic carbocycles. The monoisotopic (exact) mass is 117 g/mol. The maximum atomic E-state index is 2.87. The number of hydrogen-bond acceptors (Lipinski definition) is 1. The third kappa shape index (κ3) is 0.949. The van der Waals surface area contributed by atoms with Crippen molar-refractivity contribution in [2.45, 2.75) is 18.1 Å². The Morgan fingerprint density at radius 1 is 1.43 bits per heavy atom. The summed E-state index contributed by atoms with van der Waals surface area (Å²) in [5.41, 5.74) is 0. The summed E-state index contributed by atoms with van der Waals surface area (Å²) >= 11 is 0. The van der Waals surface area contributed by atoms with Crippen LogP contribution in [0.1, 0.15) is 12.8 Å². The molecule has 0 amide bonds. The van der Waals surface area contributed by atoms with Crippen LogP contribution in [0.4, 0.5) is 0 Å². The second kappa shape index (κ2) is 1.43. The first-order valence-corrected chi connectivity index (χ1v) is 3.19. The predicted molar refractivity (Wildman–Crippen MR) is 35.4 cm³/mol. The molecule has 0 aliphatic heterocycles. The minimum absolute atomic E-state index is 0.500. The zero-order chi connectivity index (χ0) is 5.49. The van der Waals surface area contributed by atoms with Gasteiger partial charge in [0.25, 0.3) is 0 Å². The van der Waals surface area contributed by atoms with E-state index in [2.05, 4.69) is 28.2 Å². The zero-order valence-electron chi connectivity index (χ0n) is 4.94. The van der Waals surface area contributed by atoms with Gasteiger partial charge < -0.3 is 4.90 Å². The Morgan fingerprint density at radius 3 is 1.86 bits per heavy atom. The summed E-state index contributed by atoms with van der Waals surface area (Å²) in [6.45, 7) is 0. The molecule has 1 fully saturated rings. The van der Waals surface area contributed by atoms with Gasteiger partial charge in [0.05, 0.1) is 0 Å². The van der Waals surface area contributed by atoms with Gasteiger partial charge in [-0.05, 0) is 26.9 Å². The summed E-state index contributed by atoms with van der Waals surface area (Å²) in [6, 6.07) is 0. The van der Waals surface area contributed by atoms with Gasteiger partial charge in [-0.15, -0.1) is 9.24 Å². The van der Waals surface area contributed by atoms with Gasteiger partial charge in [0, 0.05) is 5.28 Å². The lowest BCUT2D eigenvalue weighted by atomic mass is 10.6. The molecule has 0 N–H and O–H groups in total. The second-order valence-electron chi connectivity index (χ2n) is 2.50. The fourth-order valence-corrected chi connectivity index (χ4v) is 0.720. The Kier molecular flexibility index (Phi) is 1.13. The fraction of sp³-hybridized carbons (Fsp3) is 1.00. The van der Waals surface area contributed by atoms with Crippen molar-refractivity contribution >= 4 is 9.24 Å². The van der Waals surface area contributed by atoms with Crippen molar-refractivity contribution in [1.82, 2.24) is 4.90 Å². The van der Waals surface area contributed by atoms with E-state index in [1.807, 2.05) is 0 Å². The number of hydrogen-bond donors (Lipinski definition) is 0. The van der Waals surface area contributed by atoms with Gasteiger partial charge in [-0.1, -0.05) is 0 Å². The molecule has 0 aromatic heterocycles. The van der Waals surface area contributed by atoms with E-state index in [0.29, 0.717) is 5.28 Å². The Labute approximate surface area is 47.3 Å². The zero-order valence-corrected chi connectivity index (χ0v) is 6.09. The molecule has 1 saturated carbocycles. The number of rotatable bonds is 1. The van der Waals surface area contributed by atoms with Crippen molar-refractivity contribution in [3.8, 4) is 0 Å². The van der Waals surface area contributed by atoms with E-state index in [-0.39, 0.29) is 0 Å². The summed E-state index contributed by atoms with van der Waals surface area (Å²) in [5, 5.41) is 0.500. The Balaban J connectivity index is 2.39. The predicted octanol–water partition coefficient (Wildman–Crippen LogP) is 0.913. The van der Waals surface area contributed by atoms with Gasteiger partial charge in [-0.3, -0.25) is 0 Å². The number of nitrogens with zero attached hydrogens (tertiary/aromatic N) is 1. The average molecular weight is 117 g/mol. The van der Waals surface area contributed by atoms with Gasteiger partial charge in [-0.25, -0.2) is 0 Å². The van der Waals surface area contributed by atoms with Crippen molar-refractivity contribution < 1.29 is 0 Å². The molecule has 0 saturated heterocycles. The van der Waals surface area contributed by atoms with E-state index in [9.17, 15) is 0 Å². The molecule has 2 heteroatoms. The van der Waals surface area contributed by atoms with Crippen LogP contribution in [-0.2, 0) is 0 Å². The van der Waals surface area contributed by atoms with E-state index in [1.165, 1.54) is 12.8 Å². The maximum absolute atomic E-state index is 2.87. The van der Waals surface area contributed by atoms with E-state index in [0.717, 1.165) is 0 Å². The van der Waals surface area contributed by atoms with E-state index < -0.39 is 0 Å². The van der Waals surface area contributed by atoms with Gasteiger partial charge in [0.2, 0.25) is 0 Å². The molecule has 42 valence electrons. The first-order chi connectivity index (χ1) is 3.15. The molecule has 7 heavy (non-hydrogen) atoms. The lowest BCUT2D eigenvalue weighted by Crippen LogP contribution is -2.22. The largest absolute Gasteiger partial charge is 0.300 e. The molecule has 1 atom stereocenters. The minimum Gasteiger partial charge on any atom is -0.300 e. The van der Waals surface area contributed by atoms with Crippen LogP contribution in [-0.4, -0.2) is 24.3 Å². The van der Waals surface area contributed by atoms with E-state index in [1.54, 1.807) is 0 Å². The summed E-state index contributed by atoms with van der Waals surface area (Å²) in [7, 11) is 7.12. The highest BCUT2D eigenvalue weighted by Gasteiger charge is 2.39. The van der Waals surface area contributed by atoms with Crippen LogP contribution in [0.25, 0.3) is 0 Å². The highest BCUT2D eigenvalue weighted by molar-refractivity contribution is 7.19. The van der Waals surface area contributed by atoms with Crippen molar-refractivity contribution in [1.29, 1.82) is 0 Å². The Hall–Kier alpha value is 0.390. The molecule has 0 aromatic rings. The van der Waals surface area contributed by atoms with Crippen LogP contribution in [0.5, 0.6) is 0 Å². The lowest BCUT2D eigenvalue weighted by molar-refractivity contribution is 0.367. The quantitative estimate of drug-likeness (QED) is 0.461. The highest BCUT2D eigenvalue weighted by atomic mass is 31.0. The van der Waals surface area contributed by atoms with Crippen LogP contribution < -0.4 is 0 Å². The molecular formula is C5H12NP.